The van der Waals surface area contributed by atoms with E-state index in [1.165, 1.54) is 10.6 Å². The molecule has 0 spiro atoms. The van der Waals surface area contributed by atoms with Gasteiger partial charge in [0, 0.05) is 28.0 Å². The maximum atomic E-state index is 12.9. The molecule has 158 valence electrons. The number of benzene rings is 2. The predicted molar refractivity (Wildman–Crippen MR) is 122 cm³/mol. The van der Waals surface area contributed by atoms with E-state index in [0.717, 1.165) is 10.3 Å². The summed E-state index contributed by atoms with van der Waals surface area (Å²) < 4.78 is 6.86. The molecular formula is C23H22N4O3S. The lowest BCUT2D eigenvalue weighted by atomic mass is 10.1. The van der Waals surface area contributed by atoms with Crippen LogP contribution in [0.5, 0.6) is 0 Å². The third-order valence-electron chi connectivity index (χ3n) is 4.86. The first kappa shape index (κ1) is 20.9. The summed E-state index contributed by atoms with van der Waals surface area (Å²) in [5.74, 6) is 0.702. The first-order valence-electron chi connectivity index (χ1n) is 9.86. The van der Waals surface area contributed by atoms with Crippen LogP contribution >= 0.6 is 11.8 Å². The molecule has 4 rings (SSSR count). The molecule has 2 aromatic heterocycles. The topological polar surface area (TPSA) is 90.0 Å². The molecule has 1 N–H and O–H groups in total. The van der Waals surface area contributed by atoms with Crippen LogP contribution < -0.4 is 10.9 Å². The Hall–Kier alpha value is -3.39. The Balaban J connectivity index is 1.69. The van der Waals surface area contributed by atoms with E-state index in [-0.39, 0.29) is 23.9 Å². The number of carbonyl (C=O) groups excluding carboxylic acids is 1. The second-order valence-corrected chi connectivity index (χ2v) is 8.27. The number of anilines is 1. The fraction of sp³-hybridized carbons (Fsp3) is 0.217. The van der Waals surface area contributed by atoms with Gasteiger partial charge in [0.1, 0.15) is 6.54 Å². The van der Waals surface area contributed by atoms with Crippen LogP contribution in [-0.2, 0) is 11.3 Å². The number of thioether (sulfide) groups is 1. The monoisotopic (exact) mass is 434 g/mol. The minimum Gasteiger partial charge on any atom is -0.334 e. The number of para-hydroxylation sites is 1. The number of pyridine rings is 1. The van der Waals surface area contributed by atoms with Crippen molar-refractivity contribution in [2.75, 3.05) is 11.6 Å². The van der Waals surface area contributed by atoms with Crippen molar-refractivity contribution in [2.24, 2.45) is 0 Å². The van der Waals surface area contributed by atoms with Gasteiger partial charge in [-0.2, -0.15) is 4.98 Å². The Bertz CT molecular complexity index is 1310. The van der Waals surface area contributed by atoms with Gasteiger partial charge < -0.3 is 9.84 Å². The van der Waals surface area contributed by atoms with Crippen LogP contribution in [0.25, 0.3) is 22.4 Å². The molecule has 0 unspecified atom stereocenters. The number of hydrogen-bond donors (Lipinski definition) is 1. The minimum atomic E-state index is -0.314. The molecule has 2 aromatic carbocycles. The van der Waals surface area contributed by atoms with E-state index in [2.05, 4.69) is 15.5 Å². The summed E-state index contributed by atoms with van der Waals surface area (Å²) in [6.07, 6.45) is 1.97. The van der Waals surface area contributed by atoms with Crippen LogP contribution in [0.15, 0.2) is 68.8 Å². The highest BCUT2D eigenvalue weighted by Gasteiger charge is 2.18. The quantitative estimate of drug-likeness (QED) is 0.448. The van der Waals surface area contributed by atoms with Gasteiger partial charge in [0.2, 0.25) is 5.91 Å². The molecule has 8 heteroatoms. The maximum absolute atomic E-state index is 12.9. The van der Waals surface area contributed by atoms with Crippen LogP contribution in [0.2, 0.25) is 0 Å². The summed E-state index contributed by atoms with van der Waals surface area (Å²) in [5, 5.41) is 7.63. The van der Waals surface area contributed by atoms with Crippen molar-refractivity contribution in [3.05, 3.63) is 70.8 Å². The van der Waals surface area contributed by atoms with Crippen molar-refractivity contribution >= 4 is 34.3 Å². The number of fused-ring (bicyclic) bond motifs is 1. The maximum Gasteiger partial charge on any atom is 0.258 e. The summed E-state index contributed by atoms with van der Waals surface area (Å²) in [4.78, 5) is 31.1. The van der Waals surface area contributed by atoms with Gasteiger partial charge in [0.05, 0.1) is 11.1 Å². The van der Waals surface area contributed by atoms with E-state index in [4.69, 9.17) is 4.52 Å². The van der Waals surface area contributed by atoms with Gasteiger partial charge in [-0.1, -0.05) is 43.3 Å². The Morgan fingerprint density at radius 3 is 2.71 bits per heavy atom. The minimum absolute atomic E-state index is 0.107. The van der Waals surface area contributed by atoms with Gasteiger partial charge in [-0.05, 0) is 30.5 Å². The number of aromatic nitrogens is 3. The fourth-order valence-electron chi connectivity index (χ4n) is 3.30. The van der Waals surface area contributed by atoms with Crippen molar-refractivity contribution in [1.29, 1.82) is 0 Å². The van der Waals surface area contributed by atoms with Crippen LogP contribution in [0, 0.1) is 0 Å². The van der Waals surface area contributed by atoms with E-state index in [9.17, 15) is 9.59 Å². The molecule has 0 radical (unpaired) electrons. The van der Waals surface area contributed by atoms with Gasteiger partial charge in [-0.15, -0.1) is 11.8 Å². The molecule has 0 fully saturated rings. The summed E-state index contributed by atoms with van der Waals surface area (Å²) >= 11 is 1.59. The molecule has 2 heterocycles. The van der Waals surface area contributed by atoms with Crippen LogP contribution in [0.1, 0.15) is 25.6 Å². The number of amides is 1. The first-order chi connectivity index (χ1) is 15.0. The molecule has 0 atom stereocenters. The average Bonchev–Trinajstić information content (AvgIpc) is 3.26. The van der Waals surface area contributed by atoms with Gasteiger partial charge in [0.15, 0.2) is 5.82 Å². The second kappa shape index (κ2) is 8.77. The Kier molecular flexibility index (Phi) is 5.90. The molecule has 0 bridgehead atoms. The molecule has 7 nitrogen and oxygen atoms in total. The number of nitrogens with zero attached hydrogens (tertiary/aromatic N) is 3. The molecule has 0 aliphatic carbocycles. The SMILES string of the molecule is CSc1cccc(NC(=O)Cn2c(=O)cc(-c3nc(C(C)C)no3)c3ccccc32)c1. The molecule has 4 aromatic rings. The number of carbonyl (C=O) groups is 1. The van der Waals surface area contributed by atoms with Crippen molar-refractivity contribution < 1.29 is 9.32 Å². The van der Waals surface area contributed by atoms with E-state index < -0.39 is 0 Å². The molecule has 0 aliphatic rings. The first-order valence-corrected chi connectivity index (χ1v) is 11.1. The van der Waals surface area contributed by atoms with Crippen molar-refractivity contribution in [2.45, 2.75) is 31.2 Å². The lowest BCUT2D eigenvalue weighted by Gasteiger charge is -2.12. The van der Waals surface area contributed by atoms with E-state index in [1.54, 1.807) is 11.8 Å². The Morgan fingerprint density at radius 2 is 1.97 bits per heavy atom. The fourth-order valence-corrected chi connectivity index (χ4v) is 3.76. The third kappa shape index (κ3) is 4.39. The number of hydrogen-bond acceptors (Lipinski definition) is 6. The normalized spacial score (nSPS) is 11.2. The molecule has 1 amide bonds. The lowest BCUT2D eigenvalue weighted by molar-refractivity contribution is -0.116. The van der Waals surface area contributed by atoms with E-state index >= 15 is 0 Å². The van der Waals surface area contributed by atoms with E-state index in [0.29, 0.717) is 28.5 Å². The van der Waals surface area contributed by atoms with Crippen LogP contribution in [0.4, 0.5) is 5.69 Å². The van der Waals surface area contributed by atoms with Crippen molar-refractivity contribution in [1.82, 2.24) is 14.7 Å². The summed E-state index contributed by atoms with van der Waals surface area (Å²) in [5.41, 5.74) is 1.57. The summed E-state index contributed by atoms with van der Waals surface area (Å²) in [6, 6.07) is 16.4. The van der Waals surface area contributed by atoms with Crippen molar-refractivity contribution in [3.63, 3.8) is 0 Å². The molecule has 31 heavy (non-hydrogen) atoms. The summed E-state index contributed by atoms with van der Waals surface area (Å²) in [6.45, 7) is 3.83. The summed E-state index contributed by atoms with van der Waals surface area (Å²) in [7, 11) is 0. The smallest absolute Gasteiger partial charge is 0.258 e. The Morgan fingerprint density at radius 1 is 1.16 bits per heavy atom. The van der Waals surface area contributed by atoms with Gasteiger partial charge in [0.25, 0.3) is 11.4 Å². The second-order valence-electron chi connectivity index (χ2n) is 7.39. The third-order valence-corrected chi connectivity index (χ3v) is 5.59. The van der Waals surface area contributed by atoms with Crippen LogP contribution in [-0.4, -0.2) is 26.9 Å². The highest BCUT2D eigenvalue weighted by Crippen LogP contribution is 2.27. The Labute approximate surface area is 183 Å². The standard InChI is InChI=1S/C23H22N4O3S/c1-14(2)22-25-23(30-26-22)18-12-21(29)27(19-10-5-4-9-17(18)19)13-20(28)24-15-7-6-8-16(11-15)31-3/h4-12,14H,13H2,1-3H3,(H,24,28). The van der Waals surface area contributed by atoms with Gasteiger partial charge >= 0.3 is 0 Å². The van der Waals surface area contributed by atoms with Gasteiger partial charge in [-0.25, -0.2) is 0 Å². The average molecular weight is 435 g/mol. The number of rotatable bonds is 6. The van der Waals surface area contributed by atoms with Gasteiger partial charge in [-0.3, -0.25) is 14.2 Å². The zero-order valence-electron chi connectivity index (χ0n) is 17.5. The predicted octanol–water partition coefficient (Wildman–Crippen LogP) is 4.54. The van der Waals surface area contributed by atoms with E-state index in [1.807, 2.05) is 68.6 Å². The number of nitrogens with one attached hydrogen (secondary N) is 1. The zero-order valence-corrected chi connectivity index (χ0v) is 18.3. The molecule has 0 saturated heterocycles. The lowest BCUT2D eigenvalue weighted by Crippen LogP contribution is -2.27. The van der Waals surface area contributed by atoms with Crippen LogP contribution in [0.3, 0.4) is 0 Å². The highest BCUT2D eigenvalue weighted by atomic mass is 32.2. The zero-order chi connectivity index (χ0) is 22.0. The molecule has 0 aliphatic heterocycles. The molecule has 0 saturated carbocycles. The highest BCUT2D eigenvalue weighted by molar-refractivity contribution is 7.98. The molecular weight excluding hydrogens is 412 g/mol. The largest absolute Gasteiger partial charge is 0.334 e. The van der Waals surface area contributed by atoms with Crippen molar-refractivity contribution in [3.8, 4) is 11.5 Å².